The maximum atomic E-state index is 10.2. The molecule has 1 amide bonds. The zero-order chi connectivity index (χ0) is 36.3. The zero-order valence-corrected chi connectivity index (χ0v) is 32.5. The van der Waals surface area contributed by atoms with Crippen molar-refractivity contribution in [2.75, 3.05) is 38.5 Å². The summed E-state index contributed by atoms with van der Waals surface area (Å²) in [7, 11) is 4.36. The average molecular weight is 657 g/mol. The number of fused-ring (bicyclic) bond motifs is 1. The summed E-state index contributed by atoms with van der Waals surface area (Å²) in [6.45, 7) is 31.2. The number of aromatic nitrogens is 1. The number of nitrogens with one attached hydrogen (secondary N) is 1. The van der Waals surface area contributed by atoms with E-state index >= 15 is 0 Å². The molecule has 3 aromatic rings. The summed E-state index contributed by atoms with van der Waals surface area (Å²) in [4.78, 5) is 14.2. The molecular weight excluding hydrogens is 589 g/mol. The number of hydrogen-bond acceptors (Lipinski definition) is 3. The van der Waals surface area contributed by atoms with Gasteiger partial charge in [0.2, 0.25) is 6.41 Å². The Morgan fingerprint density at radius 2 is 1.65 bits per heavy atom. The molecule has 1 aliphatic heterocycles. The molecular formula is C43H68N4O. The van der Waals surface area contributed by atoms with Crippen molar-refractivity contribution >= 4 is 34.8 Å². The zero-order valence-electron chi connectivity index (χ0n) is 32.5. The Labute approximate surface area is 294 Å². The fourth-order valence-electron chi connectivity index (χ4n) is 5.94. The van der Waals surface area contributed by atoms with E-state index in [-0.39, 0.29) is 5.41 Å². The van der Waals surface area contributed by atoms with E-state index in [9.17, 15) is 4.79 Å². The monoisotopic (exact) mass is 657 g/mol. The minimum Gasteiger partial charge on any atom is -0.354 e. The highest BCUT2D eigenvalue weighted by Gasteiger charge is 2.19. The van der Waals surface area contributed by atoms with E-state index in [1.165, 1.54) is 76.2 Å². The minimum atomic E-state index is 0.0742. The van der Waals surface area contributed by atoms with Gasteiger partial charge in [-0.3, -0.25) is 4.79 Å². The van der Waals surface area contributed by atoms with Gasteiger partial charge in [0, 0.05) is 31.2 Å². The Bertz CT molecular complexity index is 1430. The van der Waals surface area contributed by atoms with Gasteiger partial charge in [-0.25, -0.2) is 0 Å². The van der Waals surface area contributed by atoms with Gasteiger partial charge in [0.1, 0.15) is 0 Å². The molecule has 0 aliphatic carbocycles. The van der Waals surface area contributed by atoms with Crippen LogP contribution in [0.25, 0.3) is 22.7 Å². The Kier molecular flexibility index (Phi) is 19.6. The van der Waals surface area contributed by atoms with Gasteiger partial charge in [0.25, 0.3) is 0 Å². The van der Waals surface area contributed by atoms with E-state index in [0.29, 0.717) is 6.54 Å². The molecule has 1 N–H and O–H groups in total. The fraction of sp³-hybridized carbons (Fsp3) is 0.512. The molecule has 0 radical (unpaired) electrons. The lowest BCUT2D eigenvalue weighted by atomic mass is 9.84. The van der Waals surface area contributed by atoms with Crippen LogP contribution in [0.5, 0.6) is 0 Å². The molecule has 0 atom stereocenters. The van der Waals surface area contributed by atoms with E-state index in [2.05, 4.69) is 126 Å². The van der Waals surface area contributed by atoms with Gasteiger partial charge in [-0.2, -0.15) is 0 Å². The predicted molar refractivity (Wildman–Crippen MR) is 215 cm³/mol. The van der Waals surface area contributed by atoms with Crippen LogP contribution < -0.4 is 5.32 Å². The smallest absolute Gasteiger partial charge is 0.209 e. The van der Waals surface area contributed by atoms with Gasteiger partial charge in [-0.1, -0.05) is 111 Å². The highest BCUT2D eigenvalue weighted by molar-refractivity contribution is 5.90. The molecule has 5 heteroatoms. The molecule has 1 saturated heterocycles. The SMILES string of the molecule is C=CCN(C=O)CCC.C=Cc1cc(C(C)(C)C)cc(N/C(=C\CC)c2cc3cccc(CC)c3n2C)c1CC.CC.CN1CCCC1. The van der Waals surface area contributed by atoms with E-state index in [4.69, 9.17) is 0 Å². The lowest BCUT2D eigenvalue weighted by molar-refractivity contribution is -0.117. The number of allylic oxidation sites excluding steroid dienone is 1. The number of rotatable bonds is 12. The number of likely N-dealkylation sites (tertiary alicyclic amines) is 1. The lowest BCUT2D eigenvalue weighted by Gasteiger charge is -2.24. The number of anilines is 1. The standard InChI is InChI=1S/C29H38N2.C7H13NO.C5H11N.C2H6/c1-9-14-25(27-18-22-16-13-15-20(10-2)28(22)31(27)8)30-26-19-23(29(5,6)7)17-21(11-3)24(26)12-4;1-3-5-8(7-9)6-4-2;1-6-4-2-3-5-6;1-2/h11,13-19,30H,3,9-10,12H2,1-2,4-8H3;3,7H,1,4-6H2,2H3;2-5H2,1H3;1-2H3/b25-14-;;;. The van der Waals surface area contributed by atoms with E-state index in [1.807, 2.05) is 26.8 Å². The van der Waals surface area contributed by atoms with Crippen LogP contribution >= 0.6 is 0 Å². The van der Waals surface area contributed by atoms with Crippen molar-refractivity contribution in [3.63, 3.8) is 0 Å². The topological polar surface area (TPSA) is 40.5 Å². The molecule has 48 heavy (non-hydrogen) atoms. The van der Waals surface area contributed by atoms with Crippen LogP contribution in [0.2, 0.25) is 0 Å². The molecule has 0 saturated carbocycles. The highest BCUT2D eigenvalue weighted by Crippen LogP contribution is 2.34. The number of amides is 1. The number of aryl methyl sites for hydroxylation is 2. The number of nitrogens with zero attached hydrogens (tertiary/aromatic N) is 3. The third-order valence-corrected chi connectivity index (χ3v) is 8.55. The summed E-state index contributed by atoms with van der Waals surface area (Å²) in [5.74, 6) is 0. The Balaban J connectivity index is 0.000000555. The average Bonchev–Trinajstić information content (AvgIpc) is 3.71. The third-order valence-electron chi connectivity index (χ3n) is 8.55. The maximum absolute atomic E-state index is 10.2. The summed E-state index contributed by atoms with van der Waals surface area (Å²) in [5.41, 5.74) is 10.2. The minimum absolute atomic E-state index is 0.0742. The summed E-state index contributed by atoms with van der Waals surface area (Å²) in [6, 6.07) is 13.6. The quantitative estimate of drug-likeness (QED) is 0.156. The van der Waals surface area contributed by atoms with Crippen molar-refractivity contribution in [1.29, 1.82) is 0 Å². The molecule has 2 heterocycles. The molecule has 0 spiro atoms. The second-order valence-electron chi connectivity index (χ2n) is 13.2. The Morgan fingerprint density at radius 3 is 2.10 bits per heavy atom. The highest BCUT2D eigenvalue weighted by atomic mass is 16.1. The maximum Gasteiger partial charge on any atom is 0.209 e. The largest absolute Gasteiger partial charge is 0.354 e. The van der Waals surface area contributed by atoms with Crippen LogP contribution in [0.1, 0.15) is 116 Å². The van der Waals surface area contributed by atoms with Crippen LogP contribution in [0.4, 0.5) is 5.69 Å². The molecule has 266 valence electrons. The van der Waals surface area contributed by atoms with Gasteiger partial charge in [0.15, 0.2) is 0 Å². The van der Waals surface area contributed by atoms with Crippen LogP contribution in [0.15, 0.2) is 61.7 Å². The summed E-state index contributed by atoms with van der Waals surface area (Å²) < 4.78 is 2.34. The van der Waals surface area contributed by atoms with E-state index in [0.717, 1.165) is 38.6 Å². The van der Waals surface area contributed by atoms with Crippen LogP contribution in [0, 0.1) is 0 Å². The third kappa shape index (κ3) is 12.5. The van der Waals surface area contributed by atoms with Gasteiger partial charge >= 0.3 is 0 Å². The number of para-hydroxylation sites is 1. The first-order chi connectivity index (χ1) is 23.0. The van der Waals surface area contributed by atoms with Crippen molar-refractivity contribution in [1.82, 2.24) is 14.4 Å². The van der Waals surface area contributed by atoms with E-state index < -0.39 is 0 Å². The number of benzene rings is 2. The van der Waals surface area contributed by atoms with Crippen molar-refractivity contribution in [3.05, 3.63) is 89.7 Å². The second kappa shape index (κ2) is 22.1. The normalized spacial score (nSPS) is 12.9. The Morgan fingerprint density at radius 1 is 0.979 bits per heavy atom. The van der Waals surface area contributed by atoms with Crippen LogP contribution in [-0.2, 0) is 30.1 Å². The van der Waals surface area contributed by atoms with Gasteiger partial charge < -0.3 is 19.7 Å². The summed E-state index contributed by atoms with van der Waals surface area (Å²) >= 11 is 0. The number of hydrogen-bond donors (Lipinski definition) is 1. The summed E-state index contributed by atoms with van der Waals surface area (Å²) in [6.07, 6.45) is 13.7. The van der Waals surface area contributed by atoms with Crippen molar-refractivity contribution < 1.29 is 4.79 Å². The first-order valence-corrected chi connectivity index (χ1v) is 18.3. The van der Waals surface area contributed by atoms with Gasteiger partial charge in [0.05, 0.1) is 16.9 Å². The molecule has 4 rings (SSSR count). The summed E-state index contributed by atoms with van der Waals surface area (Å²) in [5, 5.41) is 5.13. The van der Waals surface area contributed by atoms with Gasteiger partial charge in [-0.05, 0) is 98.5 Å². The molecule has 0 unspecified atom stereocenters. The van der Waals surface area contributed by atoms with Gasteiger partial charge in [-0.15, -0.1) is 6.58 Å². The van der Waals surface area contributed by atoms with Crippen molar-refractivity contribution in [3.8, 4) is 0 Å². The molecule has 1 aromatic heterocycles. The molecule has 5 nitrogen and oxygen atoms in total. The molecule has 0 bridgehead atoms. The number of carbonyl (C=O) groups is 1. The Hall–Kier alpha value is -3.57. The van der Waals surface area contributed by atoms with Crippen LogP contribution in [0.3, 0.4) is 0 Å². The van der Waals surface area contributed by atoms with Crippen LogP contribution in [-0.4, -0.2) is 54.0 Å². The second-order valence-corrected chi connectivity index (χ2v) is 13.2. The lowest BCUT2D eigenvalue weighted by Crippen LogP contribution is -2.22. The molecule has 1 fully saturated rings. The number of carbonyl (C=O) groups excluding carboxylic acids is 1. The van der Waals surface area contributed by atoms with Crippen molar-refractivity contribution in [2.24, 2.45) is 7.05 Å². The van der Waals surface area contributed by atoms with E-state index in [1.54, 1.807) is 11.0 Å². The first-order valence-electron chi connectivity index (χ1n) is 18.3. The van der Waals surface area contributed by atoms with Crippen molar-refractivity contribution in [2.45, 2.75) is 106 Å². The predicted octanol–water partition coefficient (Wildman–Crippen LogP) is 10.9. The molecule has 1 aliphatic rings. The first kappa shape index (κ1) is 42.5. The molecule has 2 aromatic carbocycles. The fourth-order valence-corrected chi connectivity index (χ4v) is 5.94.